The summed E-state index contributed by atoms with van der Waals surface area (Å²) in [7, 11) is 1.91. The van der Waals surface area contributed by atoms with Crippen molar-refractivity contribution in [2.75, 3.05) is 36.9 Å². The SMILES string of the molecule is CN(CC1CCN(c2ccc(CF)cc2)CC1)C(=O)C1CCC(Nc2ccc([N+](=O)[O-])c(CF)c2)CC1. The highest BCUT2D eigenvalue weighted by Gasteiger charge is 2.30. The number of piperidine rings is 1. The van der Waals surface area contributed by atoms with Gasteiger partial charge >= 0.3 is 0 Å². The van der Waals surface area contributed by atoms with Crippen molar-refractivity contribution in [2.24, 2.45) is 11.8 Å². The molecule has 2 aromatic rings. The smallest absolute Gasteiger partial charge is 0.275 e. The van der Waals surface area contributed by atoms with E-state index in [1.54, 1.807) is 6.07 Å². The molecule has 1 aliphatic heterocycles. The Hall–Kier alpha value is -3.23. The van der Waals surface area contributed by atoms with E-state index >= 15 is 0 Å². The van der Waals surface area contributed by atoms with E-state index in [-0.39, 0.29) is 29.1 Å². The van der Waals surface area contributed by atoms with E-state index in [0.29, 0.717) is 17.2 Å². The first-order valence-electron chi connectivity index (χ1n) is 13.1. The van der Waals surface area contributed by atoms with Crippen LogP contribution in [-0.4, -0.2) is 48.5 Å². The van der Waals surface area contributed by atoms with Gasteiger partial charge in [-0.3, -0.25) is 14.9 Å². The van der Waals surface area contributed by atoms with Gasteiger partial charge in [0.15, 0.2) is 0 Å². The van der Waals surface area contributed by atoms with E-state index in [1.807, 2.05) is 36.2 Å². The van der Waals surface area contributed by atoms with Crippen molar-refractivity contribution in [3.05, 3.63) is 63.7 Å². The van der Waals surface area contributed by atoms with Crippen LogP contribution in [0.2, 0.25) is 0 Å². The largest absolute Gasteiger partial charge is 0.382 e. The summed E-state index contributed by atoms with van der Waals surface area (Å²) in [6, 6.07) is 12.3. The zero-order chi connectivity index (χ0) is 26.4. The second kappa shape index (κ2) is 12.3. The van der Waals surface area contributed by atoms with Crippen molar-refractivity contribution in [3.63, 3.8) is 0 Å². The lowest BCUT2D eigenvalue weighted by Crippen LogP contribution is -2.42. The molecule has 1 N–H and O–H groups in total. The minimum atomic E-state index is -0.883. The third-order valence-corrected chi connectivity index (χ3v) is 7.85. The van der Waals surface area contributed by atoms with Crippen LogP contribution < -0.4 is 10.2 Å². The molecule has 37 heavy (non-hydrogen) atoms. The maximum absolute atomic E-state index is 13.2. The third-order valence-electron chi connectivity index (χ3n) is 7.85. The fourth-order valence-electron chi connectivity index (χ4n) is 5.64. The highest BCUT2D eigenvalue weighted by atomic mass is 19.1. The molecule has 1 saturated carbocycles. The summed E-state index contributed by atoms with van der Waals surface area (Å²) in [5.74, 6) is 0.688. The third kappa shape index (κ3) is 6.76. The molecule has 2 aromatic carbocycles. The number of amides is 1. The number of anilines is 2. The summed E-state index contributed by atoms with van der Waals surface area (Å²) < 4.78 is 26.0. The number of alkyl halides is 2. The van der Waals surface area contributed by atoms with Crippen molar-refractivity contribution in [1.82, 2.24) is 4.90 Å². The summed E-state index contributed by atoms with van der Waals surface area (Å²) in [6.45, 7) is 1.31. The van der Waals surface area contributed by atoms with Gasteiger partial charge in [0.05, 0.1) is 10.5 Å². The maximum Gasteiger partial charge on any atom is 0.275 e. The molecule has 4 rings (SSSR count). The molecule has 0 atom stereocenters. The van der Waals surface area contributed by atoms with Crippen molar-refractivity contribution in [1.29, 1.82) is 0 Å². The Bertz CT molecular complexity index is 1070. The van der Waals surface area contributed by atoms with Crippen LogP contribution in [0.25, 0.3) is 0 Å². The number of nitrogens with one attached hydrogen (secondary N) is 1. The van der Waals surface area contributed by atoms with Crippen LogP contribution in [0.5, 0.6) is 0 Å². The Morgan fingerprint density at radius 3 is 2.30 bits per heavy atom. The molecule has 9 heteroatoms. The number of rotatable bonds is 9. The van der Waals surface area contributed by atoms with Crippen molar-refractivity contribution in [3.8, 4) is 0 Å². The number of nitro benzene ring substituents is 1. The highest BCUT2D eigenvalue weighted by Crippen LogP contribution is 2.31. The average molecular weight is 515 g/mol. The lowest BCUT2D eigenvalue weighted by atomic mass is 9.84. The number of halogens is 2. The molecule has 0 radical (unpaired) electrons. The lowest BCUT2D eigenvalue weighted by Gasteiger charge is -2.36. The molecule has 1 aliphatic carbocycles. The molecule has 0 spiro atoms. The predicted molar refractivity (Wildman–Crippen MR) is 141 cm³/mol. The molecule has 0 aromatic heterocycles. The molecular weight excluding hydrogens is 478 g/mol. The average Bonchev–Trinajstić information content (AvgIpc) is 2.93. The number of carbonyl (C=O) groups is 1. The second-order valence-corrected chi connectivity index (χ2v) is 10.4. The lowest BCUT2D eigenvalue weighted by molar-refractivity contribution is -0.385. The van der Waals surface area contributed by atoms with Crippen LogP contribution in [0, 0.1) is 22.0 Å². The fourth-order valence-corrected chi connectivity index (χ4v) is 5.64. The van der Waals surface area contributed by atoms with E-state index in [0.717, 1.165) is 63.8 Å². The Morgan fingerprint density at radius 1 is 1.03 bits per heavy atom. The van der Waals surface area contributed by atoms with Crippen LogP contribution >= 0.6 is 0 Å². The zero-order valence-electron chi connectivity index (χ0n) is 21.4. The summed E-state index contributed by atoms with van der Waals surface area (Å²) in [5.41, 5.74) is 2.36. The van der Waals surface area contributed by atoms with Crippen molar-refractivity contribution in [2.45, 2.75) is 57.9 Å². The van der Waals surface area contributed by atoms with Crippen molar-refractivity contribution < 1.29 is 18.5 Å². The molecule has 7 nitrogen and oxygen atoms in total. The highest BCUT2D eigenvalue weighted by molar-refractivity contribution is 5.78. The first kappa shape index (κ1) is 26.8. The zero-order valence-corrected chi connectivity index (χ0v) is 21.4. The molecule has 1 amide bonds. The monoisotopic (exact) mass is 514 g/mol. The van der Waals surface area contributed by atoms with Gasteiger partial charge in [-0.05, 0) is 74.3 Å². The summed E-state index contributed by atoms with van der Waals surface area (Å²) in [6.07, 6.45) is 5.27. The normalized spacial score (nSPS) is 20.5. The van der Waals surface area contributed by atoms with Gasteiger partial charge in [-0.1, -0.05) is 12.1 Å². The molecule has 1 heterocycles. The van der Waals surface area contributed by atoms with Crippen molar-refractivity contribution >= 4 is 23.0 Å². The van der Waals surface area contributed by atoms with Gasteiger partial charge in [-0.2, -0.15) is 0 Å². The first-order valence-corrected chi connectivity index (χ1v) is 13.1. The van der Waals surface area contributed by atoms with Crippen LogP contribution in [0.15, 0.2) is 42.5 Å². The quantitative estimate of drug-likeness (QED) is 0.334. The Balaban J connectivity index is 1.21. The molecule has 2 aliphatic rings. The standard InChI is InChI=1S/C28H36F2N4O3/c1-32(19-21-12-14-33(15-13-21)26-9-2-20(17-29)3-10-26)28(35)22-4-6-24(7-5-22)31-25-8-11-27(34(36)37)23(16-25)18-30/h2-3,8-11,16,21-22,24,31H,4-7,12-15,17-19H2,1H3. The molecular formula is C28H36F2N4O3. The van der Waals surface area contributed by atoms with Gasteiger partial charge in [0, 0.05) is 56.1 Å². The van der Waals surface area contributed by atoms with Gasteiger partial charge in [-0.25, -0.2) is 8.78 Å². The van der Waals surface area contributed by atoms with E-state index < -0.39 is 18.3 Å². The predicted octanol–water partition coefficient (Wildman–Crippen LogP) is 5.88. The molecule has 2 fully saturated rings. The number of carbonyl (C=O) groups excluding carboxylic acids is 1. The molecule has 200 valence electrons. The molecule has 0 bridgehead atoms. The Morgan fingerprint density at radius 2 is 1.70 bits per heavy atom. The number of hydrogen-bond donors (Lipinski definition) is 1. The molecule has 0 unspecified atom stereocenters. The topological polar surface area (TPSA) is 78.7 Å². The minimum Gasteiger partial charge on any atom is -0.382 e. The summed E-state index contributed by atoms with van der Waals surface area (Å²) in [4.78, 5) is 27.8. The van der Waals surface area contributed by atoms with Crippen LogP contribution in [0.1, 0.15) is 49.7 Å². The number of nitrogens with zero attached hydrogens (tertiary/aromatic N) is 3. The van der Waals surface area contributed by atoms with Gasteiger partial charge in [0.2, 0.25) is 5.91 Å². The van der Waals surface area contributed by atoms with Gasteiger partial charge in [0.25, 0.3) is 5.69 Å². The van der Waals surface area contributed by atoms with Crippen LogP contribution in [-0.2, 0) is 18.1 Å². The van der Waals surface area contributed by atoms with E-state index in [1.165, 1.54) is 12.1 Å². The molecule has 1 saturated heterocycles. The fraction of sp³-hybridized carbons (Fsp3) is 0.536. The van der Waals surface area contributed by atoms with Gasteiger partial charge < -0.3 is 15.1 Å². The van der Waals surface area contributed by atoms with Crippen LogP contribution in [0.3, 0.4) is 0 Å². The van der Waals surface area contributed by atoms with Gasteiger partial charge in [-0.15, -0.1) is 0 Å². The number of benzene rings is 2. The Kier molecular flexibility index (Phi) is 8.95. The van der Waals surface area contributed by atoms with Gasteiger partial charge in [0.1, 0.15) is 13.3 Å². The van der Waals surface area contributed by atoms with E-state index in [2.05, 4.69) is 10.2 Å². The number of nitro groups is 1. The number of hydrogen-bond acceptors (Lipinski definition) is 5. The van der Waals surface area contributed by atoms with Crippen LogP contribution in [0.4, 0.5) is 25.8 Å². The van der Waals surface area contributed by atoms with E-state index in [4.69, 9.17) is 0 Å². The maximum atomic E-state index is 13.2. The minimum absolute atomic E-state index is 0.00965. The summed E-state index contributed by atoms with van der Waals surface area (Å²) >= 11 is 0. The van der Waals surface area contributed by atoms with E-state index in [9.17, 15) is 23.7 Å². The second-order valence-electron chi connectivity index (χ2n) is 10.4. The summed E-state index contributed by atoms with van der Waals surface area (Å²) in [5, 5.41) is 14.4. The Labute approximate surface area is 217 Å². The first-order chi connectivity index (χ1) is 17.9.